The summed E-state index contributed by atoms with van der Waals surface area (Å²) in [6.07, 6.45) is 0.192. The highest BCUT2D eigenvalue weighted by molar-refractivity contribution is 6.09. The summed E-state index contributed by atoms with van der Waals surface area (Å²) in [7, 11) is 0. The Bertz CT molecular complexity index is 336. The molecule has 0 aromatic rings. The quantitative estimate of drug-likeness (QED) is 0.443. The number of nitrogens with zero attached hydrogens (tertiary/aromatic N) is 2. The van der Waals surface area contributed by atoms with Crippen molar-refractivity contribution in [2.75, 3.05) is 6.54 Å². The van der Waals surface area contributed by atoms with Gasteiger partial charge in [0.1, 0.15) is 0 Å². The third-order valence-electron chi connectivity index (χ3n) is 2.00. The van der Waals surface area contributed by atoms with Crippen LogP contribution in [0.2, 0.25) is 0 Å². The van der Waals surface area contributed by atoms with E-state index in [1.54, 1.807) is 13.8 Å². The second kappa shape index (κ2) is 3.40. The highest BCUT2D eigenvalue weighted by Gasteiger charge is 2.30. The maximum absolute atomic E-state index is 11.4. The molecule has 0 N–H and O–H groups in total. The Morgan fingerprint density at radius 2 is 2.15 bits per heavy atom. The number of carbonyl (C=O) groups is 2. The normalized spacial score (nSPS) is 17.8. The summed E-state index contributed by atoms with van der Waals surface area (Å²) >= 11 is 0. The van der Waals surface area contributed by atoms with Crippen molar-refractivity contribution in [1.82, 2.24) is 4.90 Å². The molecule has 1 aliphatic rings. The molecule has 1 rings (SSSR count). The molecular weight excluding hydrogens is 168 g/mol. The summed E-state index contributed by atoms with van der Waals surface area (Å²) in [5.74, 6) is -0.663. The average molecular weight is 178 g/mol. The Morgan fingerprint density at radius 3 is 2.62 bits per heavy atom. The molecule has 1 aliphatic heterocycles. The fraction of sp³-hybridized carbons (Fsp3) is 0.444. The third-order valence-corrected chi connectivity index (χ3v) is 2.00. The minimum absolute atomic E-state index is 0.0986. The van der Waals surface area contributed by atoms with Gasteiger partial charge in [0.15, 0.2) is 0 Å². The molecule has 0 bridgehead atoms. The van der Waals surface area contributed by atoms with E-state index in [1.165, 1.54) is 0 Å². The number of hydrogen-bond acceptors (Lipinski definition) is 2. The zero-order valence-corrected chi connectivity index (χ0v) is 7.63. The summed E-state index contributed by atoms with van der Waals surface area (Å²) in [6.45, 7) is 10.5. The van der Waals surface area contributed by atoms with Crippen molar-refractivity contribution >= 4 is 11.8 Å². The lowest BCUT2D eigenvalue weighted by Crippen LogP contribution is -2.40. The van der Waals surface area contributed by atoms with Crippen LogP contribution in [0.1, 0.15) is 20.3 Å². The van der Waals surface area contributed by atoms with Gasteiger partial charge in [0.2, 0.25) is 11.6 Å². The van der Waals surface area contributed by atoms with E-state index in [9.17, 15) is 9.59 Å². The van der Waals surface area contributed by atoms with Crippen molar-refractivity contribution in [2.24, 2.45) is 0 Å². The van der Waals surface area contributed by atoms with Crippen LogP contribution in [0.4, 0.5) is 0 Å². The number of likely N-dealkylation sites (N-methyl/N-ethyl adjacent to an activating group) is 1. The zero-order valence-electron chi connectivity index (χ0n) is 7.63. The molecule has 68 valence electrons. The van der Waals surface area contributed by atoms with E-state index < -0.39 is 5.91 Å². The molecule has 13 heavy (non-hydrogen) atoms. The minimum Gasteiger partial charge on any atom is -0.288 e. The van der Waals surface area contributed by atoms with Crippen LogP contribution >= 0.6 is 0 Å². The molecule has 0 aromatic heterocycles. The standard InChI is InChI=1S/C9H10N2O2/c1-4-11-7(12)5-6(2)8(10-3)9(11)13/h4-5H2,1-2H3. The van der Waals surface area contributed by atoms with E-state index in [0.29, 0.717) is 12.1 Å². The van der Waals surface area contributed by atoms with Crippen molar-refractivity contribution in [2.45, 2.75) is 20.3 Å². The van der Waals surface area contributed by atoms with Crippen LogP contribution < -0.4 is 0 Å². The first-order chi connectivity index (χ1) is 6.11. The Kier molecular flexibility index (Phi) is 2.47. The molecule has 0 radical (unpaired) electrons. The smallest absolute Gasteiger partial charge is 0.259 e. The molecule has 0 aliphatic carbocycles. The zero-order chi connectivity index (χ0) is 10.0. The summed E-state index contributed by atoms with van der Waals surface area (Å²) in [6, 6.07) is 0. The van der Waals surface area contributed by atoms with E-state index in [4.69, 9.17) is 6.57 Å². The Labute approximate surface area is 76.6 Å². The number of hydrogen-bond donors (Lipinski definition) is 0. The van der Waals surface area contributed by atoms with Crippen LogP contribution in [0.3, 0.4) is 0 Å². The number of amides is 2. The van der Waals surface area contributed by atoms with Crippen molar-refractivity contribution in [3.8, 4) is 0 Å². The summed E-state index contributed by atoms with van der Waals surface area (Å²) in [4.78, 5) is 27.0. The highest BCUT2D eigenvalue weighted by atomic mass is 16.2. The van der Waals surface area contributed by atoms with Gasteiger partial charge in [-0.05, 0) is 6.92 Å². The molecule has 0 aromatic carbocycles. The van der Waals surface area contributed by atoms with Crippen LogP contribution in [-0.2, 0) is 9.59 Å². The fourth-order valence-corrected chi connectivity index (χ4v) is 1.29. The van der Waals surface area contributed by atoms with Crippen molar-refractivity contribution in [3.63, 3.8) is 0 Å². The first-order valence-corrected chi connectivity index (χ1v) is 4.03. The number of rotatable bonds is 1. The van der Waals surface area contributed by atoms with E-state index in [0.717, 1.165) is 4.90 Å². The van der Waals surface area contributed by atoms with Gasteiger partial charge in [0.05, 0.1) is 6.57 Å². The molecule has 0 spiro atoms. The second-order valence-corrected chi connectivity index (χ2v) is 2.86. The predicted octanol–water partition coefficient (Wildman–Crippen LogP) is 0.958. The van der Waals surface area contributed by atoms with Crippen molar-refractivity contribution in [3.05, 3.63) is 22.7 Å². The summed E-state index contributed by atoms with van der Waals surface area (Å²) in [5.41, 5.74) is 0.677. The van der Waals surface area contributed by atoms with Crippen LogP contribution in [0, 0.1) is 6.57 Å². The van der Waals surface area contributed by atoms with Gasteiger partial charge in [0.25, 0.3) is 5.91 Å². The van der Waals surface area contributed by atoms with Crippen LogP contribution in [0.15, 0.2) is 11.3 Å². The molecule has 0 atom stereocenters. The van der Waals surface area contributed by atoms with Gasteiger partial charge >= 0.3 is 0 Å². The van der Waals surface area contributed by atoms with E-state index in [1.807, 2.05) is 0 Å². The van der Waals surface area contributed by atoms with Gasteiger partial charge in [-0.25, -0.2) is 4.85 Å². The Balaban J connectivity index is 3.12. The number of carbonyl (C=O) groups excluding carboxylic acids is 2. The lowest BCUT2D eigenvalue weighted by molar-refractivity contribution is -0.142. The first kappa shape index (κ1) is 9.46. The van der Waals surface area contributed by atoms with Crippen LogP contribution in [-0.4, -0.2) is 23.3 Å². The first-order valence-electron chi connectivity index (χ1n) is 4.03. The van der Waals surface area contributed by atoms with Gasteiger partial charge in [0, 0.05) is 13.0 Å². The number of imide groups is 1. The van der Waals surface area contributed by atoms with Gasteiger partial charge < -0.3 is 0 Å². The maximum atomic E-state index is 11.4. The minimum atomic E-state index is -0.453. The lowest BCUT2D eigenvalue weighted by Gasteiger charge is -2.23. The summed E-state index contributed by atoms with van der Waals surface area (Å²) < 4.78 is 0. The predicted molar refractivity (Wildman–Crippen MR) is 46.3 cm³/mol. The molecule has 2 amide bonds. The summed E-state index contributed by atoms with van der Waals surface area (Å²) in [5, 5.41) is 0. The molecular formula is C9H10N2O2. The molecule has 0 unspecified atom stereocenters. The van der Waals surface area contributed by atoms with Crippen molar-refractivity contribution in [1.29, 1.82) is 0 Å². The Morgan fingerprint density at radius 1 is 1.54 bits per heavy atom. The van der Waals surface area contributed by atoms with E-state index >= 15 is 0 Å². The second-order valence-electron chi connectivity index (χ2n) is 2.86. The van der Waals surface area contributed by atoms with E-state index in [-0.39, 0.29) is 18.0 Å². The Hall–Kier alpha value is -1.63. The van der Waals surface area contributed by atoms with Gasteiger partial charge in [-0.1, -0.05) is 12.5 Å². The molecule has 0 saturated carbocycles. The molecule has 1 heterocycles. The average Bonchev–Trinajstić information content (AvgIpc) is 2.04. The fourth-order valence-electron chi connectivity index (χ4n) is 1.29. The molecule has 4 nitrogen and oxygen atoms in total. The molecule has 0 saturated heterocycles. The van der Waals surface area contributed by atoms with Crippen LogP contribution in [0.5, 0.6) is 0 Å². The lowest BCUT2D eigenvalue weighted by atomic mass is 10.1. The van der Waals surface area contributed by atoms with Crippen LogP contribution in [0.25, 0.3) is 4.85 Å². The third kappa shape index (κ3) is 1.45. The SMILES string of the molecule is [C-]#[N+]C1=C(C)CC(=O)N(CC)C1=O. The van der Waals surface area contributed by atoms with Gasteiger partial charge in [-0.2, -0.15) is 0 Å². The van der Waals surface area contributed by atoms with E-state index in [2.05, 4.69) is 4.85 Å². The highest BCUT2D eigenvalue weighted by Crippen LogP contribution is 2.20. The monoisotopic (exact) mass is 178 g/mol. The maximum Gasteiger partial charge on any atom is 0.259 e. The van der Waals surface area contributed by atoms with Gasteiger partial charge in [-0.3, -0.25) is 14.5 Å². The van der Waals surface area contributed by atoms with Crippen molar-refractivity contribution < 1.29 is 9.59 Å². The topological polar surface area (TPSA) is 41.7 Å². The molecule has 0 fully saturated rings. The van der Waals surface area contributed by atoms with Gasteiger partial charge in [-0.15, -0.1) is 0 Å². The molecule has 4 heteroatoms. The largest absolute Gasteiger partial charge is 0.288 e.